The van der Waals surface area contributed by atoms with E-state index in [1.54, 1.807) is 23.9 Å². The maximum atomic E-state index is 13.4. The molecule has 27 heavy (non-hydrogen) atoms. The SMILES string of the molecule is CCOc1ccc2c(c1)SC(c1ccccc1)C=C(c1ccc(F)cc1)N2. The molecule has 3 aromatic rings. The van der Waals surface area contributed by atoms with Crippen molar-refractivity contribution in [3.63, 3.8) is 0 Å². The summed E-state index contributed by atoms with van der Waals surface area (Å²) in [6.45, 7) is 2.62. The molecule has 0 fully saturated rings. The summed E-state index contributed by atoms with van der Waals surface area (Å²) >= 11 is 1.78. The van der Waals surface area contributed by atoms with Crippen LogP contribution in [-0.4, -0.2) is 6.61 Å². The van der Waals surface area contributed by atoms with Crippen LogP contribution in [0.5, 0.6) is 5.75 Å². The summed E-state index contributed by atoms with van der Waals surface area (Å²) in [7, 11) is 0. The summed E-state index contributed by atoms with van der Waals surface area (Å²) in [5.41, 5.74) is 4.18. The van der Waals surface area contributed by atoms with Gasteiger partial charge in [-0.3, -0.25) is 0 Å². The van der Waals surface area contributed by atoms with Crippen LogP contribution in [-0.2, 0) is 0 Å². The molecule has 1 heterocycles. The first-order valence-corrected chi connectivity index (χ1v) is 9.84. The van der Waals surface area contributed by atoms with Gasteiger partial charge in [-0.2, -0.15) is 0 Å². The van der Waals surface area contributed by atoms with Gasteiger partial charge in [-0.05, 0) is 54.5 Å². The van der Waals surface area contributed by atoms with Crippen LogP contribution in [0.3, 0.4) is 0 Å². The number of ether oxygens (including phenoxy) is 1. The van der Waals surface area contributed by atoms with Crippen LogP contribution in [0.2, 0.25) is 0 Å². The van der Waals surface area contributed by atoms with Gasteiger partial charge in [0.2, 0.25) is 0 Å². The Balaban J connectivity index is 1.78. The minimum atomic E-state index is -0.233. The Labute approximate surface area is 163 Å². The van der Waals surface area contributed by atoms with Crippen molar-refractivity contribution < 1.29 is 9.13 Å². The van der Waals surface area contributed by atoms with E-state index >= 15 is 0 Å². The highest BCUT2D eigenvalue weighted by Crippen LogP contribution is 2.45. The zero-order valence-electron chi connectivity index (χ0n) is 15.0. The largest absolute Gasteiger partial charge is 0.494 e. The first-order valence-electron chi connectivity index (χ1n) is 8.96. The van der Waals surface area contributed by atoms with Gasteiger partial charge in [0.05, 0.1) is 17.5 Å². The average Bonchev–Trinajstić information content (AvgIpc) is 2.89. The Morgan fingerprint density at radius 3 is 2.52 bits per heavy atom. The summed E-state index contributed by atoms with van der Waals surface area (Å²) in [4.78, 5) is 1.13. The quantitative estimate of drug-likeness (QED) is 0.559. The Hall–Kier alpha value is -2.72. The lowest BCUT2D eigenvalue weighted by Crippen LogP contribution is -2.00. The summed E-state index contributed by atoms with van der Waals surface area (Å²) in [5, 5.41) is 3.66. The minimum absolute atomic E-state index is 0.136. The van der Waals surface area contributed by atoms with E-state index in [1.807, 2.05) is 25.1 Å². The second-order valence-electron chi connectivity index (χ2n) is 6.25. The molecular formula is C23H20FNOS. The third-order valence-corrected chi connectivity index (χ3v) is 5.64. The van der Waals surface area contributed by atoms with Gasteiger partial charge in [-0.1, -0.05) is 42.5 Å². The molecule has 4 heteroatoms. The number of rotatable bonds is 4. The molecule has 0 saturated heterocycles. The number of benzene rings is 3. The fourth-order valence-corrected chi connectivity index (χ4v) is 4.27. The number of halogens is 1. The maximum absolute atomic E-state index is 13.4. The van der Waals surface area contributed by atoms with Crippen molar-refractivity contribution in [2.24, 2.45) is 0 Å². The van der Waals surface area contributed by atoms with Crippen molar-refractivity contribution in [2.75, 3.05) is 11.9 Å². The Morgan fingerprint density at radius 1 is 1.00 bits per heavy atom. The molecule has 1 N–H and O–H groups in total. The fourth-order valence-electron chi connectivity index (χ4n) is 3.07. The lowest BCUT2D eigenvalue weighted by Gasteiger charge is -2.13. The van der Waals surface area contributed by atoms with E-state index < -0.39 is 0 Å². The summed E-state index contributed by atoms with van der Waals surface area (Å²) in [6.07, 6.45) is 2.20. The molecule has 0 aliphatic carbocycles. The van der Waals surface area contributed by atoms with Gasteiger partial charge in [-0.25, -0.2) is 4.39 Å². The van der Waals surface area contributed by atoms with E-state index in [2.05, 4.69) is 41.7 Å². The Morgan fingerprint density at radius 2 is 1.78 bits per heavy atom. The van der Waals surface area contributed by atoms with Crippen molar-refractivity contribution in [1.82, 2.24) is 0 Å². The molecule has 1 atom stereocenters. The number of nitrogens with one attached hydrogen (secondary N) is 1. The standard InChI is InChI=1S/C23H20FNOS/c1-2-26-19-12-13-20-23(14-19)27-22(17-6-4-3-5-7-17)15-21(25-20)16-8-10-18(24)11-9-16/h3-15,22,25H,2H2,1H3. The second kappa shape index (κ2) is 7.89. The van der Waals surface area contributed by atoms with Crippen molar-refractivity contribution in [3.8, 4) is 5.75 Å². The van der Waals surface area contributed by atoms with E-state index in [0.29, 0.717) is 6.61 Å². The molecule has 1 aliphatic heterocycles. The molecule has 0 spiro atoms. The molecule has 0 radical (unpaired) electrons. The van der Waals surface area contributed by atoms with Gasteiger partial charge < -0.3 is 10.1 Å². The summed E-state index contributed by atoms with van der Waals surface area (Å²) < 4.78 is 19.1. The normalized spacial score (nSPS) is 15.9. The number of hydrogen-bond donors (Lipinski definition) is 1. The van der Waals surface area contributed by atoms with E-state index in [9.17, 15) is 4.39 Å². The molecule has 0 saturated carbocycles. The summed E-state index contributed by atoms with van der Waals surface area (Å²) in [6, 6.07) is 23.1. The molecule has 2 nitrogen and oxygen atoms in total. The molecule has 0 bridgehead atoms. The number of hydrogen-bond acceptors (Lipinski definition) is 3. The van der Waals surface area contributed by atoms with Crippen molar-refractivity contribution in [2.45, 2.75) is 17.1 Å². The van der Waals surface area contributed by atoms with Crippen LogP contribution < -0.4 is 10.1 Å². The highest BCUT2D eigenvalue weighted by Gasteiger charge is 2.20. The van der Waals surface area contributed by atoms with Crippen molar-refractivity contribution in [3.05, 3.63) is 95.8 Å². The number of thioether (sulfide) groups is 1. The summed E-state index contributed by atoms with van der Waals surface area (Å²) in [5.74, 6) is 0.631. The molecule has 1 unspecified atom stereocenters. The molecule has 136 valence electrons. The van der Waals surface area contributed by atoms with Crippen LogP contribution in [0.4, 0.5) is 10.1 Å². The molecule has 1 aliphatic rings. The molecule has 0 amide bonds. The van der Waals surface area contributed by atoms with Gasteiger partial charge in [0, 0.05) is 10.6 Å². The monoisotopic (exact) mass is 377 g/mol. The van der Waals surface area contributed by atoms with Gasteiger partial charge in [-0.15, -0.1) is 11.8 Å². The van der Waals surface area contributed by atoms with Gasteiger partial charge in [0.25, 0.3) is 0 Å². The lowest BCUT2D eigenvalue weighted by molar-refractivity contribution is 0.339. The zero-order chi connectivity index (χ0) is 18.6. The molecule has 0 aromatic heterocycles. The van der Waals surface area contributed by atoms with Crippen LogP contribution in [0.15, 0.2) is 83.8 Å². The lowest BCUT2D eigenvalue weighted by atomic mass is 10.1. The third-order valence-electron chi connectivity index (χ3n) is 4.39. The molecule has 3 aromatic carbocycles. The van der Waals surface area contributed by atoms with E-state index in [1.165, 1.54) is 17.7 Å². The third kappa shape index (κ3) is 4.01. The van der Waals surface area contributed by atoms with Crippen molar-refractivity contribution >= 4 is 23.1 Å². The zero-order valence-corrected chi connectivity index (χ0v) is 15.8. The predicted molar refractivity (Wildman–Crippen MR) is 111 cm³/mol. The smallest absolute Gasteiger partial charge is 0.123 e. The fraction of sp³-hybridized carbons (Fsp3) is 0.130. The molecular weight excluding hydrogens is 357 g/mol. The topological polar surface area (TPSA) is 21.3 Å². The Kier molecular flexibility index (Phi) is 5.16. The number of anilines is 1. The van der Waals surface area contributed by atoms with Crippen LogP contribution in [0, 0.1) is 5.82 Å². The van der Waals surface area contributed by atoms with E-state index in [4.69, 9.17) is 4.74 Å². The van der Waals surface area contributed by atoms with Gasteiger partial charge in [0.1, 0.15) is 11.6 Å². The van der Waals surface area contributed by atoms with Crippen molar-refractivity contribution in [1.29, 1.82) is 0 Å². The number of fused-ring (bicyclic) bond motifs is 1. The molecule has 4 rings (SSSR count). The second-order valence-corrected chi connectivity index (χ2v) is 7.44. The van der Waals surface area contributed by atoms with Gasteiger partial charge >= 0.3 is 0 Å². The highest BCUT2D eigenvalue weighted by atomic mass is 32.2. The van der Waals surface area contributed by atoms with Gasteiger partial charge in [0.15, 0.2) is 0 Å². The minimum Gasteiger partial charge on any atom is -0.494 e. The van der Waals surface area contributed by atoms with E-state index in [-0.39, 0.29) is 11.1 Å². The predicted octanol–water partition coefficient (Wildman–Crippen LogP) is 6.52. The first kappa shape index (κ1) is 17.7. The van der Waals surface area contributed by atoms with Crippen LogP contribution >= 0.6 is 11.8 Å². The average molecular weight is 377 g/mol. The van der Waals surface area contributed by atoms with E-state index in [0.717, 1.165) is 27.6 Å². The maximum Gasteiger partial charge on any atom is 0.123 e. The van der Waals surface area contributed by atoms with Crippen LogP contribution in [0.1, 0.15) is 23.3 Å². The Bertz CT molecular complexity index is 954. The first-order chi connectivity index (χ1) is 13.2. The van der Waals surface area contributed by atoms with Crippen LogP contribution in [0.25, 0.3) is 5.70 Å². The highest BCUT2D eigenvalue weighted by molar-refractivity contribution is 7.99.